The Morgan fingerprint density at radius 1 is 1.00 bits per heavy atom. The zero-order chi connectivity index (χ0) is 20.9. The van der Waals surface area contributed by atoms with Gasteiger partial charge in [0.15, 0.2) is 0 Å². The van der Waals surface area contributed by atoms with E-state index in [0.717, 1.165) is 32.8 Å². The summed E-state index contributed by atoms with van der Waals surface area (Å²) in [6, 6.07) is 25.5. The maximum absolute atomic E-state index is 13.0. The first-order chi connectivity index (χ1) is 14.6. The van der Waals surface area contributed by atoms with Crippen molar-refractivity contribution in [3.05, 3.63) is 101 Å². The van der Waals surface area contributed by atoms with Crippen LogP contribution >= 0.6 is 23.4 Å². The number of hydrogen-bond donors (Lipinski definition) is 1. The van der Waals surface area contributed by atoms with Crippen LogP contribution in [0.3, 0.4) is 0 Å². The monoisotopic (exact) mass is 432 g/mol. The van der Waals surface area contributed by atoms with E-state index in [2.05, 4.69) is 36.5 Å². The molecule has 0 aliphatic rings. The number of benzene rings is 3. The van der Waals surface area contributed by atoms with Crippen molar-refractivity contribution in [1.82, 2.24) is 10.3 Å². The van der Waals surface area contributed by atoms with Gasteiger partial charge in [0.05, 0.1) is 11.1 Å². The number of fused-ring (bicyclic) bond motifs is 1. The van der Waals surface area contributed by atoms with E-state index in [1.54, 1.807) is 11.8 Å². The number of amides is 1. The van der Waals surface area contributed by atoms with Crippen molar-refractivity contribution in [1.29, 1.82) is 0 Å². The maximum Gasteiger partial charge on any atom is 0.252 e. The first kappa shape index (κ1) is 20.5. The molecule has 0 saturated heterocycles. The Hall–Kier alpha value is -2.82. The number of nitrogens with one attached hydrogen (secondary N) is 1. The topological polar surface area (TPSA) is 42.0 Å². The van der Waals surface area contributed by atoms with Crippen LogP contribution < -0.4 is 5.32 Å². The Kier molecular flexibility index (Phi) is 6.36. The van der Waals surface area contributed by atoms with Crippen LogP contribution in [0.15, 0.2) is 88.8 Å². The van der Waals surface area contributed by atoms with Crippen molar-refractivity contribution in [2.75, 3.05) is 0 Å². The van der Waals surface area contributed by atoms with Crippen molar-refractivity contribution in [3.63, 3.8) is 0 Å². The van der Waals surface area contributed by atoms with Gasteiger partial charge >= 0.3 is 0 Å². The summed E-state index contributed by atoms with van der Waals surface area (Å²) in [7, 11) is 0. The lowest BCUT2D eigenvalue weighted by molar-refractivity contribution is 0.0952. The molecule has 5 heteroatoms. The van der Waals surface area contributed by atoms with Gasteiger partial charge in [0.2, 0.25) is 0 Å². The van der Waals surface area contributed by atoms with Crippen LogP contribution in [0.2, 0.25) is 5.02 Å². The Morgan fingerprint density at radius 2 is 1.73 bits per heavy atom. The average molecular weight is 433 g/mol. The molecule has 3 aromatic carbocycles. The van der Waals surface area contributed by atoms with Crippen LogP contribution in [0.4, 0.5) is 0 Å². The molecule has 1 amide bonds. The minimum atomic E-state index is -0.142. The third-order valence-corrected chi connectivity index (χ3v) is 6.18. The molecule has 4 aromatic rings. The SMILES string of the molecule is CCc1ccc(Sc2cc(C(=O)NCc3ccccc3Cl)c3ccccc3n2)cc1. The van der Waals surface area contributed by atoms with Crippen LogP contribution in [-0.4, -0.2) is 10.9 Å². The summed E-state index contributed by atoms with van der Waals surface area (Å²) in [4.78, 5) is 18.9. The highest BCUT2D eigenvalue weighted by atomic mass is 35.5. The fourth-order valence-corrected chi connectivity index (χ4v) is 4.25. The lowest BCUT2D eigenvalue weighted by atomic mass is 10.1. The lowest BCUT2D eigenvalue weighted by Gasteiger charge is -2.11. The molecule has 0 bridgehead atoms. The smallest absolute Gasteiger partial charge is 0.252 e. The molecule has 1 heterocycles. The third-order valence-electron chi connectivity index (χ3n) is 4.89. The fraction of sp³-hybridized carbons (Fsp3) is 0.120. The summed E-state index contributed by atoms with van der Waals surface area (Å²) in [6.45, 7) is 2.51. The number of carbonyl (C=O) groups is 1. The first-order valence-electron chi connectivity index (χ1n) is 9.82. The molecular weight excluding hydrogens is 412 g/mol. The molecule has 0 unspecified atom stereocenters. The maximum atomic E-state index is 13.0. The molecule has 0 saturated carbocycles. The van der Waals surface area contributed by atoms with Crippen molar-refractivity contribution in [3.8, 4) is 0 Å². The second kappa shape index (κ2) is 9.33. The summed E-state index contributed by atoms with van der Waals surface area (Å²) in [5.41, 5.74) is 3.60. The number of aryl methyl sites for hydroxylation is 1. The number of rotatable bonds is 6. The predicted octanol–water partition coefficient (Wildman–Crippen LogP) is 6.53. The van der Waals surface area contributed by atoms with Crippen LogP contribution in [0.25, 0.3) is 10.9 Å². The molecule has 3 nitrogen and oxygen atoms in total. The molecular formula is C25H21ClN2OS. The second-order valence-electron chi connectivity index (χ2n) is 6.90. The Morgan fingerprint density at radius 3 is 2.50 bits per heavy atom. The van der Waals surface area contributed by atoms with Gasteiger partial charge in [-0.05, 0) is 47.9 Å². The molecule has 0 atom stereocenters. The number of hydrogen-bond acceptors (Lipinski definition) is 3. The summed E-state index contributed by atoms with van der Waals surface area (Å²) in [6.07, 6.45) is 1.01. The molecule has 1 aromatic heterocycles. The number of aromatic nitrogens is 1. The van der Waals surface area contributed by atoms with Crippen LogP contribution in [-0.2, 0) is 13.0 Å². The van der Waals surface area contributed by atoms with Gasteiger partial charge in [-0.25, -0.2) is 4.98 Å². The second-order valence-corrected chi connectivity index (χ2v) is 8.40. The minimum Gasteiger partial charge on any atom is -0.348 e. The molecule has 0 aliphatic heterocycles. The molecule has 30 heavy (non-hydrogen) atoms. The van der Waals surface area contributed by atoms with E-state index in [1.807, 2.05) is 54.6 Å². The highest BCUT2D eigenvalue weighted by Crippen LogP contribution is 2.30. The number of nitrogens with zero attached hydrogens (tertiary/aromatic N) is 1. The number of halogens is 1. The van der Waals surface area contributed by atoms with E-state index >= 15 is 0 Å². The van der Waals surface area contributed by atoms with Gasteiger partial charge in [-0.2, -0.15) is 0 Å². The van der Waals surface area contributed by atoms with E-state index < -0.39 is 0 Å². The van der Waals surface area contributed by atoms with Crippen molar-refractivity contribution in [2.24, 2.45) is 0 Å². The van der Waals surface area contributed by atoms with Gasteiger partial charge in [0.25, 0.3) is 5.91 Å². The summed E-state index contributed by atoms with van der Waals surface area (Å²) < 4.78 is 0. The quantitative estimate of drug-likeness (QED) is 0.376. The highest BCUT2D eigenvalue weighted by molar-refractivity contribution is 7.99. The van der Waals surface area contributed by atoms with Crippen LogP contribution in [0.1, 0.15) is 28.4 Å². The van der Waals surface area contributed by atoms with Crippen LogP contribution in [0, 0.1) is 0 Å². The van der Waals surface area contributed by atoms with Gasteiger partial charge in [0.1, 0.15) is 5.03 Å². The molecule has 1 N–H and O–H groups in total. The molecule has 0 fully saturated rings. The zero-order valence-corrected chi connectivity index (χ0v) is 18.1. The Labute approximate surface area is 185 Å². The number of para-hydroxylation sites is 1. The summed E-state index contributed by atoms with van der Waals surface area (Å²) >= 11 is 7.78. The van der Waals surface area contributed by atoms with Crippen molar-refractivity contribution < 1.29 is 4.79 Å². The van der Waals surface area contributed by atoms with Gasteiger partial charge in [-0.15, -0.1) is 0 Å². The van der Waals surface area contributed by atoms with E-state index in [1.165, 1.54) is 5.56 Å². The predicted molar refractivity (Wildman–Crippen MR) is 124 cm³/mol. The summed E-state index contributed by atoms with van der Waals surface area (Å²) in [5, 5.41) is 5.26. The van der Waals surface area contributed by atoms with E-state index in [0.29, 0.717) is 17.1 Å². The summed E-state index contributed by atoms with van der Waals surface area (Å²) in [5.74, 6) is -0.142. The fourth-order valence-electron chi connectivity index (χ4n) is 3.22. The van der Waals surface area contributed by atoms with Gasteiger partial charge < -0.3 is 5.32 Å². The van der Waals surface area contributed by atoms with Crippen LogP contribution in [0.5, 0.6) is 0 Å². The molecule has 0 spiro atoms. The van der Waals surface area contributed by atoms with Gasteiger partial charge in [-0.3, -0.25) is 4.79 Å². The average Bonchev–Trinajstić information content (AvgIpc) is 2.78. The minimum absolute atomic E-state index is 0.142. The van der Waals surface area contributed by atoms with Crippen molar-refractivity contribution in [2.45, 2.75) is 29.8 Å². The molecule has 4 rings (SSSR count). The lowest BCUT2D eigenvalue weighted by Crippen LogP contribution is -2.23. The largest absolute Gasteiger partial charge is 0.348 e. The molecule has 0 aliphatic carbocycles. The first-order valence-corrected chi connectivity index (χ1v) is 11.0. The van der Waals surface area contributed by atoms with Gasteiger partial charge in [0, 0.05) is 21.8 Å². The van der Waals surface area contributed by atoms with E-state index in [-0.39, 0.29) is 5.91 Å². The third kappa shape index (κ3) is 4.66. The van der Waals surface area contributed by atoms with Crippen molar-refractivity contribution >= 4 is 40.2 Å². The molecule has 150 valence electrons. The molecule has 0 radical (unpaired) electrons. The number of carbonyl (C=O) groups excluding carboxylic acids is 1. The Balaban J connectivity index is 1.62. The zero-order valence-electron chi connectivity index (χ0n) is 16.6. The Bertz CT molecular complexity index is 1190. The standard InChI is InChI=1S/C25H21ClN2OS/c1-2-17-11-13-19(14-12-17)30-24-15-21(20-8-4-6-10-23(20)28-24)25(29)27-16-18-7-3-5-9-22(18)26/h3-15H,2,16H2,1H3,(H,27,29). The van der Waals surface area contributed by atoms with E-state index in [4.69, 9.17) is 16.6 Å². The van der Waals surface area contributed by atoms with Gasteiger partial charge in [-0.1, -0.05) is 78.8 Å². The van der Waals surface area contributed by atoms with E-state index in [9.17, 15) is 4.79 Å². The highest BCUT2D eigenvalue weighted by Gasteiger charge is 2.14. The normalized spacial score (nSPS) is 10.9. The number of pyridine rings is 1.